The maximum atomic E-state index is 6.28. The summed E-state index contributed by atoms with van der Waals surface area (Å²) in [4.78, 5) is 8.97. The van der Waals surface area contributed by atoms with Crippen molar-refractivity contribution < 1.29 is 0 Å². The molecule has 2 aromatic heterocycles. The lowest BCUT2D eigenvalue weighted by Gasteiger charge is -2.19. The van der Waals surface area contributed by atoms with Gasteiger partial charge in [-0.1, -0.05) is 20.8 Å². The summed E-state index contributed by atoms with van der Waals surface area (Å²) >= 11 is 0. The third-order valence-electron chi connectivity index (χ3n) is 3.29. The number of rotatable bonds is 2. The fraction of sp³-hybridized carbons (Fsp3) is 0.467. The molecule has 2 rings (SSSR count). The van der Waals surface area contributed by atoms with Crippen molar-refractivity contribution in [2.75, 3.05) is 5.73 Å². The molecule has 0 aliphatic heterocycles. The Morgan fingerprint density at radius 1 is 1.32 bits per heavy atom. The summed E-state index contributed by atoms with van der Waals surface area (Å²) in [5.41, 5.74) is 9.25. The van der Waals surface area contributed by atoms with Crippen LogP contribution in [0.2, 0.25) is 0 Å². The molecule has 2 heterocycles. The van der Waals surface area contributed by atoms with E-state index >= 15 is 0 Å². The molecule has 0 unspecified atom stereocenters. The second-order valence-corrected chi connectivity index (χ2v) is 5.85. The van der Waals surface area contributed by atoms with E-state index in [4.69, 9.17) is 10.7 Å². The number of hydrogen-bond donors (Lipinski definition) is 1. The number of hydrogen-bond acceptors (Lipinski definition) is 3. The van der Waals surface area contributed by atoms with Crippen molar-refractivity contribution >= 4 is 5.82 Å². The molecule has 4 heteroatoms. The lowest BCUT2D eigenvalue weighted by Crippen LogP contribution is -2.19. The van der Waals surface area contributed by atoms with Gasteiger partial charge in [-0.3, -0.25) is 4.98 Å². The molecule has 0 saturated heterocycles. The molecule has 0 fully saturated rings. The van der Waals surface area contributed by atoms with Crippen molar-refractivity contribution in [3.05, 3.63) is 29.8 Å². The Balaban J connectivity index is 2.67. The number of nitrogens with two attached hydrogens (primary N) is 1. The predicted octanol–water partition coefficient (Wildman–Crippen LogP) is 3.15. The highest BCUT2D eigenvalue weighted by Gasteiger charge is 2.25. The smallest absolute Gasteiger partial charge is 0.131 e. The van der Waals surface area contributed by atoms with Gasteiger partial charge in [0.1, 0.15) is 17.3 Å². The highest BCUT2D eigenvalue weighted by atomic mass is 15.1. The third kappa shape index (κ3) is 2.35. The highest BCUT2D eigenvalue weighted by Crippen LogP contribution is 2.32. The SMILES string of the molecule is CCn1c(C(C)(C)C)nc(-c2cnccc2C)c1N. The molecule has 0 bridgehead atoms. The minimum Gasteiger partial charge on any atom is -0.383 e. The van der Waals surface area contributed by atoms with Gasteiger partial charge in [0, 0.05) is 29.9 Å². The molecular weight excluding hydrogens is 236 g/mol. The van der Waals surface area contributed by atoms with Crippen molar-refractivity contribution in [2.24, 2.45) is 0 Å². The van der Waals surface area contributed by atoms with E-state index in [2.05, 4.69) is 44.2 Å². The molecule has 2 aromatic rings. The number of nitrogens with zero attached hydrogens (tertiary/aromatic N) is 3. The van der Waals surface area contributed by atoms with E-state index in [-0.39, 0.29) is 5.41 Å². The van der Waals surface area contributed by atoms with E-state index in [1.807, 2.05) is 12.3 Å². The summed E-state index contributed by atoms with van der Waals surface area (Å²) < 4.78 is 2.09. The number of aryl methyl sites for hydroxylation is 1. The van der Waals surface area contributed by atoms with Gasteiger partial charge in [0.2, 0.25) is 0 Å². The fourth-order valence-corrected chi connectivity index (χ4v) is 2.27. The summed E-state index contributed by atoms with van der Waals surface area (Å²) in [6.45, 7) is 11.4. The average molecular weight is 258 g/mol. The Kier molecular flexibility index (Phi) is 3.35. The first-order chi connectivity index (χ1) is 8.86. The van der Waals surface area contributed by atoms with Gasteiger partial charge >= 0.3 is 0 Å². The Morgan fingerprint density at radius 2 is 2.00 bits per heavy atom. The Hall–Kier alpha value is -1.84. The number of imidazole rings is 1. The molecule has 0 aromatic carbocycles. The summed E-state index contributed by atoms with van der Waals surface area (Å²) in [5, 5.41) is 0. The Bertz CT molecular complexity index is 591. The van der Waals surface area contributed by atoms with Crippen LogP contribution in [0.1, 0.15) is 39.1 Å². The zero-order chi connectivity index (χ0) is 14.2. The van der Waals surface area contributed by atoms with Gasteiger partial charge in [0.05, 0.1) is 0 Å². The molecule has 4 nitrogen and oxygen atoms in total. The molecule has 102 valence electrons. The number of anilines is 1. The maximum Gasteiger partial charge on any atom is 0.131 e. The number of nitrogen functional groups attached to an aromatic ring is 1. The van der Waals surface area contributed by atoms with Gasteiger partial charge in [-0.2, -0.15) is 0 Å². The van der Waals surface area contributed by atoms with Crippen molar-refractivity contribution in [1.82, 2.24) is 14.5 Å². The van der Waals surface area contributed by atoms with Crippen molar-refractivity contribution in [3.63, 3.8) is 0 Å². The van der Waals surface area contributed by atoms with E-state index in [0.29, 0.717) is 0 Å². The highest BCUT2D eigenvalue weighted by molar-refractivity contribution is 5.73. The van der Waals surface area contributed by atoms with E-state index in [9.17, 15) is 0 Å². The molecule has 0 aliphatic rings. The van der Waals surface area contributed by atoms with Gasteiger partial charge in [0.15, 0.2) is 0 Å². The van der Waals surface area contributed by atoms with Crippen LogP contribution >= 0.6 is 0 Å². The summed E-state index contributed by atoms with van der Waals surface area (Å²) in [6, 6.07) is 1.98. The van der Waals surface area contributed by atoms with E-state index < -0.39 is 0 Å². The number of pyridine rings is 1. The van der Waals surface area contributed by atoms with Crippen LogP contribution in [0.25, 0.3) is 11.3 Å². The molecule has 0 spiro atoms. The van der Waals surface area contributed by atoms with Crippen molar-refractivity contribution in [2.45, 2.75) is 46.6 Å². The first kappa shape index (κ1) is 13.6. The van der Waals surface area contributed by atoms with Crippen molar-refractivity contribution in [3.8, 4) is 11.3 Å². The summed E-state index contributed by atoms with van der Waals surface area (Å²) in [7, 11) is 0. The monoisotopic (exact) mass is 258 g/mol. The van der Waals surface area contributed by atoms with Crippen LogP contribution in [0, 0.1) is 6.92 Å². The first-order valence-electron chi connectivity index (χ1n) is 6.63. The van der Waals surface area contributed by atoms with Gasteiger partial charge in [0.25, 0.3) is 0 Å². The first-order valence-corrected chi connectivity index (χ1v) is 6.63. The molecule has 0 radical (unpaired) electrons. The van der Waals surface area contributed by atoms with E-state index in [1.165, 1.54) is 0 Å². The average Bonchev–Trinajstić information content (AvgIpc) is 2.67. The van der Waals surface area contributed by atoms with Gasteiger partial charge in [-0.25, -0.2) is 4.98 Å². The lowest BCUT2D eigenvalue weighted by atomic mass is 9.95. The molecule has 2 N–H and O–H groups in total. The Morgan fingerprint density at radius 3 is 2.47 bits per heavy atom. The van der Waals surface area contributed by atoms with Crippen LogP contribution in [0.5, 0.6) is 0 Å². The number of aromatic nitrogens is 3. The van der Waals surface area contributed by atoms with Gasteiger partial charge in [-0.15, -0.1) is 0 Å². The largest absolute Gasteiger partial charge is 0.383 e. The second-order valence-electron chi connectivity index (χ2n) is 5.85. The van der Waals surface area contributed by atoms with Gasteiger partial charge < -0.3 is 10.3 Å². The topological polar surface area (TPSA) is 56.7 Å². The zero-order valence-corrected chi connectivity index (χ0v) is 12.4. The molecule has 0 aliphatic carbocycles. The normalized spacial score (nSPS) is 11.8. The summed E-state index contributed by atoms with van der Waals surface area (Å²) in [6.07, 6.45) is 3.62. The molecular formula is C15H22N4. The zero-order valence-electron chi connectivity index (χ0n) is 12.4. The van der Waals surface area contributed by atoms with Crippen LogP contribution in [-0.2, 0) is 12.0 Å². The second kappa shape index (κ2) is 4.68. The standard InChI is InChI=1S/C15H22N4/c1-6-19-13(16)12(18-14(19)15(3,4)5)11-9-17-8-7-10(11)2/h7-9H,6,16H2,1-5H3. The van der Waals surface area contributed by atoms with Crippen LogP contribution in [0.15, 0.2) is 18.5 Å². The van der Waals surface area contributed by atoms with Crippen LogP contribution < -0.4 is 5.73 Å². The van der Waals surface area contributed by atoms with Gasteiger partial charge in [-0.05, 0) is 25.5 Å². The minimum absolute atomic E-state index is 0.0293. The molecule has 19 heavy (non-hydrogen) atoms. The molecule has 0 saturated carbocycles. The van der Waals surface area contributed by atoms with Crippen LogP contribution in [0.4, 0.5) is 5.82 Å². The molecule has 0 amide bonds. The van der Waals surface area contributed by atoms with Crippen molar-refractivity contribution in [1.29, 1.82) is 0 Å². The summed E-state index contributed by atoms with van der Waals surface area (Å²) in [5.74, 6) is 1.74. The minimum atomic E-state index is -0.0293. The Labute approximate surface area is 114 Å². The van der Waals surface area contributed by atoms with Crippen LogP contribution in [0.3, 0.4) is 0 Å². The lowest BCUT2D eigenvalue weighted by molar-refractivity contribution is 0.508. The fourth-order valence-electron chi connectivity index (χ4n) is 2.27. The third-order valence-corrected chi connectivity index (χ3v) is 3.29. The maximum absolute atomic E-state index is 6.28. The van der Waals surface area contributed by atoms with Crippen LogP contribution in [-0.4, -0.2) is 14.5 Å². The quantitative estimate of drug-likeness (QED) is 0.900. The predicted molar refractivity (Wildman–Crippen MR) is 79.0 cm³/mol. The van der Waals surface area contributed by atoms with E-state index in [1.54, 1.807) is 6.20 Å². The molecule has 0 atom stereocenters. The van der Waals surface area contributed by atoms with E-state index in [0.717, 1.165) is 35.0 Å².